The van der Waals surface area contributed by atoms with Gasteiger partial charge < -0.3 is 5.32 Å². The van der Waals surface area contributed by atoms with Crippen molar-refractivity contribution in [1.82, 2.24) is 10.2 Å². The smallest absolute Gasteiger partial charge is 0.251 e. The molecule has 0 bridgehead atoms. The lowest BCUT2D eigenvalue weighted by molar-refractivity contribution is 0.0947. The molecule has 1 aliphatic rings. The molecule has 23 heavy (non-hydrogen) atoms. The van der Waals surface area contributed by atoms with Crippen molar-refractivity contribution in [2.24, 2.45) is 0 Å². The quantitative estimate of drug-likeness (QED) is 0.943. The zero-order valence-corrected chi connectivity index (χ0v) is 13.0. The predicted octanol–water partition coefficient (Wildman–Crippen LogP) is 2.35. The van der Waals surface area contributed by atoms with Crippen LogP contribution in [-0.2, 0) is 13.0 Å². The van der Waals surface area contributed by atoms with E-state index in [1.54, 1.807) is 24.3 Å². The Bertz CT molecular complexity index is 748. The monoisotopic (exact) mass is 305 g/mol. The largest absolute Gasteiger partial charge is 0.351 e. The molecular formula is C19H19N3O. The van der Waals surface area contributed by atoms with Gasteiger partial charge in [0, 0.05) is 31.7 Å². The molecule has 0 unspecified atom stereocenters. The SMILES string of the molecule is N#Cc1cccc(C(=O)NCCN2CCc3ccccc3C2)c1. The molecule has 0 spiro atoms. The van der Waals surface area contributed by atoms with E-state index in [1.807, 2.05) is 0 Å². The Morgan fingerprint density at radius 3 is 2.83 bits per heavy atom. The van der Waals surface area contributed by atoms with Crippen molar-refractivity contribution in [3.8, 4) is 6.07 Å². The van der Waals surface area contributed by atoms with Crippen LogP contribution in [0.1, 0.15) is 27.0 Å². The lowest BCUT2D eigenvalue weighted by Crippen LogP contribution is -2.37. The summed E-state index contributed by atoms with van der Waals surface area (Å²) in [5, 5.41) is 11.8. The average molecular weight is 305 g/mol. The highest BCUT2D eigenvalue weighted by Crippen LogP contribution is 2.17. The Hall–Kier alpha value is -2.64. The number of hydrogen-bond acceptors (Lipinski definition) is 3. The van der Waals surface area contributed by atoms with Crippen molar-refractivity contribution < 1.29 is 4.79 Å². The summed E-state index contributed by atoms with van der Waals surface area (Å²) >= 11 is 0. The standard InChI is InChI=1S/C19H19N3O/c20-13-15-4-3-7-17(12-15)19(23)21-9-11-22-10-8-16-5-1-2-6-18(16)14-22/h1-7,12H,8-11,14H2,(H,21,23). The van der Waals surface area contributed by atoms with E-state index in [-0.39, 0.29) is 5.91 Å². The first kappa shape index (κ1) is 15.3. The van der Waals surface area contributed by atoms with Crippen LogP contribution < -0.4 is 5.32 Å². The third-order valence-electron chi connectivity index (χ3n) is 4.18. The third-order valence-corrected chi connectivity index (χ3v) is 4.18. The molecule has 4 heteroatoms. The number of amides is 1. The number of carbonyl (C=O) groups is 1. The molecule has 1 aliphatic heterocycles. The zero-order chi connectivity index (χ0) is 16.1. The number of rotatable bonds is 4. The molecule has 0 atom stereocenters. The van der Waals surface area contributed by atoms with Gasteiger partial charge in [-0.2, -0.15) is 5.26 Å². The molecule has 1 heterocycles. The molecule has 1 amide bonds. The zero-order valence-electron chi connectivity index (χ0n) is 13.0. The van der Waals surface area contributed by atoms with E-state index < -0.39 is 0 Å². The lowest BCUT2D eigenvalue weighted by atomic mass is 10.00. The number of carbonyl (C=O) groups excluding carboxylic acids is 1. The first-order valence-electron chi connectivity index (χ1n) is 7.84. The van der Waals surface area contributed by atoms with Gasteiger partial charge in [0.2, 0.25) is 0 Å². The van der Waals surface area contributed by atoms with E-state index in [0.717, 1.165) is 26.1 Å². The van der Waals surface area contributed by atoms with Crippen LogP contribution in [0.25, 0.3) is 0 Å². The fraction of sp³-hybridized carbons (Fsp3) is 0.263. The van der Waals surface area contributed by atoms with Crippen LogP contribution in [0.4, 0.5) is 0 Å². The summed E-state index contributed by atoms with van der Waals surface area (Å²) in [6.45, 7) is 3.41. The molecule has 0 radical (unpaired) electrons. The molecule has 0 saturated heterocycles. The molecule has 116 valence electrons. The topological polar surface area (TPSA) is 56.1 Å². The second-order valence-corrected chi connectivity index (χ2v) is 5.74. The second kappa shape index (κ2) is 7.08. The number of benzene rings is 2. The molecule has 3 rings (SSSR count). The van der Waals surface area contributed by atoms with E-state index in [9.17, 15) is 4.79 Å². The minimum Gasteiger partial charge on any atom is -0.351 e. The summed E-state index contributed by atoms with van der Waals surface area (Å²) in [6, 6.07) is 17.4. The minimum atomic E-state index is -0.125. The number of nitrogens with one attached hydrogen (secondary N) is 1. The molecule has 1 N–H and O–H groups in total. The molecular weight excluding hydrogens is 286 g/mol. The maximum absolute atomic E-state index is 12.1. The van der Waals surface area contributed by atoms with Gasteiger partial charge in [0.1, 0.15) is 0 Å². The van der Waals surface area contributed by atoms with Crippen LogP contribution in [0.3, 0.4) is 0 Å². The van der Waals surface area contributed by atoms with E-state index in [4.69, 9.17) is 5.26 Å². The van der Waals surface area contributed by atoms with Crippen molar-refractivity contribution >= 4 is 5.91 Å². The highest BCUT2D eigenvalue weighted by atomic mass is 16.1. The predicted molar refractivity (Wildman–Crippen MR) is 88.9 cm³/mol. The third kappa shape index (κ3) is 3.77. The van der Waals surface area contributed by atoms with Gasteiger partial charge in [-0.3, -0.25) is 9.69 Å². The Morgan fingerprint density at radius 2 is 2.00 bits per heavy atom. The fourth-order valence-electron chi connectivity index (χ4n) is 2.90. The summed E-state index contributed by atoms with van der Waals surface area (Å²) in [7, 11) is 0. The van der Waals surface area contributed by atoms with Crippen LogP contribution in [0.15, 0.2) is 48.5 Å². The van der Waals surface area contributed by atoms with Gasteiger partial charge in [0.25, 0.3) is 5.91 Å². The normalized spacial score (nSPS) is 13.9. The summed E-state index contributed by atoms with van der Waals surface area (Å²) in [5.74, 6) is -0.125. The van der Waals surface area contributed by atoms with Crippen LogP contribution in [0.5, 0.6) is 0 Å². The Morgan fingerprint density at radius 1 is 1.17 bits per heavy atom. The summed E-state index contributed by atoms with van der Waals surface area (Å²) < 4.78 is 0. The second-order valence-electron chi connectivity index (χ2n) is 5.74. The lowest BCUT2D eigenvalue weighted by Gasteiger charge is -2.28. The van der Waals surface area contributed by atoms with Crippen molar-refractivity contribution in [2.45, 2.75) is 13.0 Å². The van der Waals surface area contributed by atoms with Gasteiger partial charge in [-0.1, -0.05) is 30.3 Å². The molecule has 2 aromatic carbocycles. The van der Waals surface area contributed by atoms with Crippen LogP contribution in [-0.4, -0.2) is 30.4 Å². The summed E-state index contributed by atoms with van der Waals surface area (Å²) in [4.78, 5) is 14.5. The summed E-state index contributed by atoms with van der Waals surface area (Å²) in [6.07, 6.45) is 1.06. The van der Waals surface area contributed by atoms with Gasteiger partial charge in [-0.15, -0.1) is 0 Å². The van der Waals surface area contributed by atoms with Gasteiger partial charge in [-0.05, 0) is 35.7 Å². The van der Waals surface area contributed by atoms with Crippen molar-refractivity contribution in [1.29, 1.82) is 5.26 Å². The maximum atomic E-state index is 12.1. The fourth-order valence-corrected chi connectivity index (χ4v) is 2.90. The van der Waals surface area contributed by atoms with Gasteiger partial charge in [0.05, 0.1) is 11.6 Å². The molecule has 0 saturated carbocycles. The van der Waals surface area contributed by atoms with E-state index in [2.05, 4.69) is 40.6 Å². The highest BCUT2D eigenvalue weighted by Gasteiger charge is 2.15. The molecule has 2 aromatic rings. The van der Waals surface area contributed by atoms with Crippen molar-refractivity contribution in [3.05, 3.63) is 70.8 Å². The van der Waals surface area contributed by atoms with E-state index in [0.29, 0.717) is 17.7 Å². The van der Waals surface area contributed by atoms with Crippen LogP contribution in [0.2, 0.25) is 0 Å². The minimum absolute atomic E-state index is 0.125. The highest BCUT2D eigenvalue weighted by molar-refractivity contribution is 5.94. The first-order valence-corrected chi connectivity index (χ1v) is 7.84. The maximum Gasteiger partial charge on any atom is 0.251 e. The molecule has 0 aromatic heterocycles. The van der Waals surface area contributed by atoms with Crippen LogP contribution >= 0.6 is 0 Å². The van der Waals surface area contributed by atoms with Gasteiger partial charge in [0.15, 0.2) is 0 Å². The Kier molecular flexibility index (Phi) is 4.70. The molecule has 0 fully saturated rings. The van der Waals surface area contributed by atoms with Crippen molar-refractivity contribution in [3.63, 3.8) is 0 Å². The Labute approximate surface area is 136 Å². The number of nitrogens with zero attached hydrogens (tertiary/aromatic N) is 2. The number of fused-ring (bicyclic) bond motifs is 1. The average Bonchev–Trinajstić information content (AvgIpc) is 2.61. The van der Waals surface area contributed by atoms with Crippen molar-refractivity contribution in [2.75, 3.05) is 19.6 Å². The van der Waals surface area contributed by atoms with E-state index >= 15 is 0 Å². The molecule has 0 aliphatic carbocycles. The summed E-state index contributed by atoms with van der Waals surface area (Å²) in [5.41, 5.74) is 3.85. The first-order chi connectivity index (χ1) is 11.3. The molecule has 4 nitrogen and oxygen atoms in total. The Balaban J connectivity index is 1.50. The van der Waals surface area contributed by atoms with E-state index in [1.165, 1.54) is 11.1 Å². The van der Waals surface area contributed by atoms with Gasteiger partial charge in [-0.25, -0.2) is 0 Å². The van der Waals surface area contributed by atoms with Gasteiger partial charge >= 0.3 is 0 Å². The van der Waals surface area contributed by atoms with Crippen LogP contribution in [0, 0.1) is 11.3 Å². The number of nitriles is 1. The number of hydrogen-bond donors (Lipinski definition) is 1.